The van der Waals surface area contributed by atoms with Gasteiger partial charge in [-0.2, -0.15) is 0 Å². The van der Waals surface area contributed by atoms with Gasteiger partial charge in [0.2, 0.25) is 5.91 Å². The second-order valence-corrected chi connectivity index (χ2v) is 24.0. The second-order valence-electron chi connectivity index (χ2n) is 24.0. The summed E-state index contributed by atoms with van der Waals surface area (Å²) >= 11 is 0. The number of hydrogen-bond acceptors (Lipinski definition) is 8. The minimum atomic E-state index is -1.56. The predicted octanol–water partition coefficient (Wildman–Crippen LogP) is 17.9. The molecule has 0 aliphatic carbocycles. The number of aliphatic hydroxyl groups is 5. The molecule has 0 spiro atoms. The normalized spacial score (nSPS) is 18.8. The van der Waals surface area contributed by atoms with E-state index in [0.29, 0.717) is 6.42 Å². The van der Waals surface area contributed by atoms with Crippen molar-refractivity contribution in [2.45, 2.75) is 397 Å². The predicted molar refractivity (Wildman–Crippen MR) is 323 cm³/mol. The van der Waals surface area contributed by atoms with E-state index < -0.39 is 49.5 Å². The van der Waals surface area contributed by atoms with E-state index >= 15 is 0 Å². The van der Waals surface area contributed by atoms with Crippen molar-refractivity contribution in [3.05, 3.63) is 12.2 Å². The molecule has 0 aromatic carbocycles. The molecular formula is C67H131NO8. The van der Waals surface area contributed by atoms with Crippen LogP contribution in [0.1, 0.15) is 354 Å². The van der Waals surface area contributed by atoms with E-state index in [1.54, 1.807) is 6.08 Å². The number of hydrogen-bond donors (Lipinski definition) is 6. The molecule has 1 rings (SSSR count). The summed E-state index contributed by atoms with van der Waals surface area (Å²) in [5.41, 5.74) is 0. The molecule has 1 saturated heterocycles. The molecule has 1 amide bonds. The Morgan fingerprint density at radius 1 is 0.434 bits per heavy atom. The van der Waals surface area contributed by atoms with E-state index in [-0.39, 0.29) is 12.5 Å². The minimum Gasteiger partial charge on any atom is -0.394 e. The molecule has 9 nitrogen and oxygen atoms in total. The standard InChI is InChI=1S/C67H131NO8/c1-3-5-7-9-11-13-15-17-19-21-22-23-24-25-26-27-28-29-30-31-32-33-34-35-36-37-38-39-41-43-45-47-49-51-53-55-57-63(71)68-60(59-75-67-66(74)65(73)64(72)62(58-69)76-67)61(70)56-54-52-50-48-46-44-42-40-20-18-16-14-12-10-8-6-4-2/h54,56,60-62,64-67,69-70,72-74H,3-53,55,57-59H2,1-2H3,(H,68,71)/b56-54+. The molecule has 1 aliphatic rings. The van der Waals surface area contributed by atoms with Crippen molar-refractivity contribution in [1.29, 1.82) is 0 Å². The van der Waals surface area contributed by atoms with E-state index in [0.717, 1.165) is 38.5 Å². The first-order valence-corrected chi connectivity index (χ1v) is 33.9. The molecule has 1 heterocycles. The van der Waals surface area contributed by atoms with Crippen molar-refractivity contribution in [2.75, 3.05) is 13.2 Å². The summed E-state index contributed by atoms with van der Waals surface area (Å²) in [5, 5.41) is 54.6. The lowest BCUT2D eigenvalue weighted by Crippen LogP contribution is -2.60. The number of allylic oxidation sites excluding steroid dienone is 1. The van der Waals surface area contributed by atoms with Crippen LogP contribution in [0.5, 0.6) is 0 Å². The summed E-state index contributed by atoms with van der Waals surface area (Å²) in [5.74, 6) is -0.168. The van der Waals surface area contributed by atoms with E-state index in [1.165, 1.54) is 295 Å². The van der Waals surface area contributed by atoms with Crippen molar-refractivity contribution >= 4 is 5.91 Å². The van der Waals surface area contributed by atoms with Gasteiger partial charge in [-0.3, -0.25) is 4.79 Å². The quantitative estimate of drug-likeness (QED) is 0.0261. The number of unbranched alkanes of at least 4 members (excludes halogenated alkanes) is 50. The van der Waals surface area contributed by atoms with E-state index in [9.17, 15) is 30.3 Å². The average Bonchev–Trinajstić information content (AvgIpc) is 3.42. The van der Waals surface area contributed by atoms with Gasteiger partial charge in [-0.1, -0.05) is 341 Å². The molecule has 0 aromatic heterocycles. The number of rotatable bonds is 60. The molecule has 9 heteroatoms. The number of ether oxygens (including phenoxy) is 2. The first kappa shape index (κ1) is 72.9. The third kappa shape index (κ3) is 45.6. The van der Waals surface area contributed by atoms with Crippen molar-refractivity contribution in [1.82, 2.24) is 5.32 Å². The van der Waals surface area contributed by atoms with Gasteiger partial charge in [0, 0.05) is 6.42 Å². The van der Waals surface area contributed by atoms with Crippen molar-refractivity contribution in [3.63, 3.8) is 0 Å². The molecule has 1 fully saturated rings. The number of nitrogens with one attached hydrogen (secondary N) is 1. The number of carbonyl (C=O) groups is 1. The summed E-state index contributed by atoms with van der Waals surface area (Å²) in [6.45, 7) is 3.83. The molecule has 76 heavy (non-hydrogen) atoms. The van der Waals surface area contributed by atoms with Gasteiger partial charge in [0.05, 0.1) is 25.4 Å². The maximum atomic E-state index is 13.1. The van der Waals surface area contributed by atoms with Gasteiger partial charge in [-0.05, 0) is 19.3 Å². The second kappa shape index (κ2) is 57.2. The van der Waals surface area contributed by atoms with Crippen LogP contribution in [0.25, 0.3) is 0 Å². The Hall–Kier alpha value is -1.07. The summed E-state index contributed by atoms with van der Waals surface area (Å²) in [7, 11) is 0. The highest BCUT2D eigenvalue weighted by Gasteiger charge is 2.44. The van der Waals surface area contributed by atoms with Crippen molar-refractivity contribution in [3.8, 4) is 0 Å². The fourth-order valence-electron chi connectivity index (χ4n) is 11.3. The summed E-state index contributed by atoms with van der Waals surface area (Å²) in [6.07, 6.45) is 66.1. The summed E-state index contributed by atoms with van der Waals surface area (Å²) in [6, 6.07) is -0.801. The van der Waals surface area contributed by atoms with E-state index in [1.807, 2.05) is 6.08 Å². The van der Waals surface area contributed by atoms with Gasteiger partial charge < -0.3 is 40.3 Å². The lowest BCUT2D eigenvalue weighted by atomic mass is 9.99. The zero-order valence-electron chi connectivity index (χ0n) is 50.5. The Morgan fingerprint density at radius 3 is 1.03 bits per heavy atom. The van der Waals surface area contributed by atoms with Crippen LogP contribution in [-0.2, 0) is 14.3 Å². The fourth-order valence-corrected chi connectivity index (χ4v) is 11.3. The van der Waals surface area contributed by atoms with Crippen LogP contribution in [0.3, 0.4) is 0 Å². The Kier molecular flexibility index (Phi) is 54.9. The molecular weight excluding hydrogens is 947 g/mol. The molecule has 0 radical (unpaired) electrons. The molecule has 7 atom stereocenters. The minimum absolute atomic E-state index is 0.168. The van der Waals surface area contributed by atoms with Crippen LogP contribution in [0, 0.1) is 0 Å². The van der Waals surface area contributed by atoms with Gasteiger partial charge in [-0.15, -0.1) is 0 Å². The topological polar surface area (TPSA) is 149 Å². The van der Waals surface area contributed by atoms with Crippen LogP contribution >= 0.6 is 0 Å². The van der Waals surface area contributed by atoms with Crippen LogP contribution in [0.4, 0.5) is 0 Å². The lowest BCUT2D eigenvalue weighted by Gasteiger charge is -2.40. The van der Waals surface area contributed by atoms with E-state index in [4.69, 9.17) is 9.47 Å². The van der Waals surface area contributed by atoms with Crippen LogP contribution < -0.4 is 5.32 Å². The number of carbonyl (C=O) groups excluding carboxylic acids is 1. The van der Waals surface area contributed by atoms with Crippen molar-refractivity contribution < 1.29 is 39.8 Å². The molecule has 452 valence electrons. The first-order chi connectivity index (χ1) is 37.3. The average molecular weight is 1080 g/mol. The zero-order chi connectivity index (χ0) is 55.0. The Bertz CT molecular complexity index is 1200. The maximum absolute atomic E-state index is 13.1. The smallest absolute Gasteiger partial charge is 0.220 e. The van der Waals surface area contributed by atoms with Crippen LogP contribution in [0.2, 0.25) is 0 Å². The third-order valence-corrected chi connectivity index (χ3v) is 16.6. The highest BCUT2D eigenvalue weighted by molar-refractivity contribution is 5.76. The van der Waals surface area contributed by atoms with Crippen LogP contribution in [-0.4, -0.2) is 87.5 Å². The largest absolute Gasteiger partial charge is 0.394 e. The van der Waals surface area contributed by atoms with E-state index in [2.05, 4.69) is 19.2 Å². The van der Waals surface area contributed by atoms with Gasteiger partial charge in [0.1, 0.15) is 24.4 Å². The highest BCUT2D eigenvalue weighted by Crippen LogP contribution is 2.23. The van der Waals surface area contributed by atoms with Crippen LogP contribution in [0.15, 0.2) is 12.2 Å². The lowest BCUT2D eigenvalue weighted by molar-refractivity contribution is -0.302. The molecule has 1 aliphatic heterocycles. The van der Waals surface area contributed by atoms with Crippen molar-refractivity contribution in [2.24, 2.45) is 0 Å². The van der Waals surface area contributed by atoms with Gasteiger partial charge in [0.15, 0.2) is 6.29 Å². The maximum Gasteiger partial charge on any atom is 0.220 e. The fraction of sp³-hybridized carbons (Fsp3) is 0.955. The SMILES string of the molecule is CCCCCCCCCCCCCCCCC/C=C/C(O)C(COC1OC(CO)C(O)C(O)C1O)NC(=O)CCCCCCCCCCCCCCCCCCCCCCCCCCCCCCCCCCCCCC. The Labute approximate surface area is 471 Å². The van der Waals surface area contributed by atoms with Gasteiger partial charge >= 0.3 is 0 Å². The molecule has 7 unspecified atom stereocenters. The van der Waals surface area contributed by atoms with Gasteiger partial charge in [0.25, 0.3) is 0 Å². The molecule has 6 N–H and O–H groups in total. The number of amides is 1. The third-order valence-electron chi connectivity index (χ3n) is 16.6. The Balaban J connectivity index is 2.06. The zero-order valence-corrected chi connectivity index (χ0v) is 50.5. The summed E-state index contributed by atoms with van der Waals surface area (Å²) < 4.78 is 11.3. The number of aliphatic hydroxyl groups excluding tert-OH is 5. The van der Waals surface area contributed by atoms with Gasteiger partial charge in [-0.25, -0.2) is 0 Å². The molecule has 0 saturated carbocycles. The Morgan fingerprint density at radius 2 is 0.724 bits per heavy atom. The first-order valence-electron chi connectivity index (χ1n) is 33.9. The monoisotopic (exact) mass is 1080 g/mol. The molecule has 0 aromatic rings. The summed E-state index contributed by atoms with van der Waals surface area (Å²) in [4.78, 5) is 13.1. The highest BCUT2D eigenvalue weighted by atomic mass is 16.7. The molecule has 0 bridgehead atoms.